The second-order valence-corrected chi connectivity index (χ2v) is 15.6. The zero-order valence-corrected chi connectivity index (χ0v) is 33.5. The number of hydrogen-bond donors (Lipinski definition) is 0. The lowest BCUT2D eigenvalue weighted by Gasteiger charge is -2.11. The van der Waals surface area contributed by atoms with Crippen LogP contribution in [-0.4, -0.2) is 19.5 Å². The number of fused-ring (bicyclic) bond motifs is 6. The van der Waals surface area contributed by atoms with Crippen LogP contribution in [0.15, 0.2) is 223 Å². The summed E-state index contributed by atoms with van der Waals surface area (Å²) in [5.41, 5.74) is 14.2. The normalized spacial score (nSPS) is 11.5. The summed E-state index contributed by atoms with van der Waals surface area (Å²) in [5.74, 6) is 1.76. The quantitative estimate of drug-likeness (QED) is 0.161. The molecule has 12 aromatic rings. The molecular weight excluding hydrogens is 757 g/mol. The van der Waals surface area contributed by atoms with Gasteiger partial charge in [0.25, 0.3) is 0 Å². The van der Waals surface area contributed by atoms with E-state index in [4.69, 9.17) is 19.4 Å². The second kappa shape index (κ2) is 14.7. The Hall–Kier alpha value is -8.41. The highest BCUT2D eigenvalue weighted by atomic mass is 16.3. The Morgan fingerprint density at radius 2 is 0.758 bits per heavy atom. The molecule has 0 unspecified atom stereocenters. The van der Waals surface area contributed by atoms with Crippen molar-refractivity contribution in [2.75, 3.05) is 0 Å². The van der Waals surface area contributed by atoms with Crippen molar-refractivity contribution in [2.24, 2.45) is 0 Å². The van der Waals surface area contributed by atoms with Crippen LogP contribution in [0.5, 0.6) is 0 Å². The molecular formula is C57H36N4O. The van der Waals surface area contributed by atoms with Crippen molar-refractivity contribution >= 4 is 43.7 Å². The SMILES string of the molecule is c1ccc(-c2cccc(-c3nc(-c4cccc(-c5ccccc5)c4)nc(-c4ccc5c(c4)oc4c(-c6ccccc6)cc(-n6c7ccccc7c7ccccc76)cc45)n3)c2)cc1. The molecule has 0 bridgehead atoms. The highest BCUT2D eigenvalue weighted by Crippen LogP contribution is 2.41. The molecule has 3 heterocycles. The molecule has 0 fully saturated rings. The van der Waals surface area contributed by atoms with Crippen molar-refractivity contribution in [3.63, 3.8) is 0 Å². The molecule has 9 aromatic carbocycles. The Bertz CT molecular complexity index is 3470. The topological polar surface area (TPSA) is 56.7 Å². The van der Waals surface area contributed by atoms with Crippen molar-refractivity contribution in [3.05, 3.63) is 218 Å². The average Bonchev–Trinajstić information content (AvgIpc) is 3.90. The molecule has 12 rings (SSSR count). The Morgan fingerprint density at radius 1 is 0.306 bits per heavy atom. The van der Waals surface area contributed by atoms with Crippen LogP contribution in [0.25, 0.3) is 117 Å². The van der Waals surface area contributed by atoms with Gasteiger partial charge < -0.3 is 8.98 Å². The number of aromatic nitrogens is 4. The summed E-state index contributed by atoms with van der Waals surface area (Å²) < 4.78 is 9.30. The van der Waals surface area contributed by atoms with Gasteiger partial charge in [0.05, 0.1) is 11.0 Å². The van der Waals surface area contributed by atoms with Crippen molar-refractivity contribution in [3.8, 4) is 73.2 Å². The van der Waals surface area contributed by atoms with E-state index in [0.29, 0.717) is 17.5 Å². The van der Waals surface area contributed by atoms with Gasteiger partial charge in [-0.2, -0.15) is 0 Å². The van der Waals surface area contributed by atoms with Gasteiger partial charge >= 0.3 is 0 Å². The maximum atomic E-state index is 6.93. The lowest BCUT2D eigenvalue weighted by Crippen LogP contribution is -2.00. The first-order valence-electron chi connectivity index (χ1n) is 20.8. The van der Waals surface area contributed by atoms with Crippen LogP contribution in [0.4, 0.5) is 0 Å². The fourth-order valence-electron chi connectivity index (χ4n) is 8.86. The molecule has 0 radical (unpaired) electrons. The molecule has 0 saturated heterocycles. The van der Waals surface area contributed by atoms with Gasteiger partial charge in [-0.1, -0.05) is 170 Å². The lowest BCUT2D eigenvalue weighted by molar-refractivity contribution is 0.670. The molecule has 0 amide bonds. The van der Waals surface area contributed by atoms with E-state index in [1.54, 1.807) is 0 Å². The van der Waals surface area contributed by atoms with E-state index < -0.39 is 0 Å². The average molecular weight is 793 g/mol. The zero-order chi connectivity index (χ0) is 41.0. The zero-order valence-electron chi connectivity index (χ0n) is 33.5. The van der Waals surface area contributed by atoms with Gasteiger partial charge in [0.1, 0.15) is 11.2 Å². The Labute approximate surface area is 357 Å². The number of furan rings is 1. The van der Waals surface area contributed by atoms with E-state index in [1.807, 2.05) is 12.1 Å². The van der Waals surface area contributed by atoms with E-state index in [-0.39, 0.29) is 0 Å². The molecule has 0 saturated carbocycles. The fraction of sp³-hybridized carbons (Fsp3) is 0. The summed E-state index contributed by atoms with van der Waals surface area (Å²) in [7, 11) is 0. The van der Waals surface area contributed by atoms with Gasteiger partial charge in [0, 0.05) is 49.5 Å². The molecule has 0 aliphatic carbocycles. The number of hydrogen-bond acceptors (Lipinski definition) is 4. The Morgan fingerprint density at radius 3 is 1.31 bits per heavy atom. The molecule has 5 heteroatoms. The summed E-state index contributed by atoms with van der Waals surface area (Å²) >= 11 is 0. The van der Waals surface area contributed by atoms with Crippen LogP contribution < -0.4 is 0 Å². The van der Waals surface area contributed by atoms with Crippen LogP contribution in [0.1, 0.15) is 0 Å². The van der Waals surface area contributed by atoms with Gasteiger partial charge in [-0.15, -0.1) is 0 Å². The van der Waals surface area contributed by atoms with Gasteiger partial charge in [-0.05, 0) is 76.3 Å². The smallest absolute Gasteiger partial charge is 0.164 e. The van der Waals surface area contributed by atoms with E-state index in [2.05, 4.69) is 211 Å². The maximum Gasteiger partial charge on any atom is 0.164 e. The highest BCUT2D eigenvalue weighted by Gasteiger charge is 2.20. The first-order valence-corrected chi connectivity index (χ1v) is 20.8. The van der Waals surface area contributed by atoms with E-state index in [0.717, 1.165) is 88.7 Å². The minimum absolute atomic E-state index is 0.567. The van der Waals surface area contributed by atoms with Crippen LogP contribution in [0.3, 0.4) is 0 Å². The molecule has 0 aliphatic heterocycles. The molecule has 0 spiro atoms. The van der Waals surface area contributed by atoms with Crippen LogP contribution in [0.2, 0.25) is 0 Å². The van der Waals surface area contributed by atoms with Gasteiger partial charge in [0.2, 0.25) is 0 Å². The Kier molecular flexibility index (Phi) is 8.42. The summed E-state index contributed by atoms with van der Waals surface area (Å²) in [6, 6.07) is 76.2. The van der Waals surface area contributed by atoms with Gasteiger partial charge in [-0.25, -0.2) is 15.0 Å². The van der Waals surface area contributed by atoms with Crippen LogP contribution >= 0.6 is 0 Å². The van der Waals surface area contributed by atoms with Crippen molar-refractivity contribution in [1.29, 1.82) is 0 Å². The third-order valence-corrected chi connectivity index (χ3v) is 11.8. The number of nitrogens with zero attached hydrogens (tertiary/aromatic N) is 4. The maximum absolute atomic E-state index is 6.93. The monoisotopic (exact) mass is 792 g/mol. The lowest BCUT2D eigenvalue weighted by atomic mass is 10.0. The molecule has 290 valence electrons. The molecule has 5 nitrogen and oxygen atoms in total. The molecule has 3 aromatic heterocycles. The largest absolute Gasteiger partial charge is 0.455 e. The molecule has 0 atom stereocenters. The summed E-state index contributed by atoms with van der Waals surface area (Å²) in [4.78, 5) is 15.5. The third kappa shape index (κ3) is 6.14. The van der Waals surface area contributed by atoms with Crippen molar-refractivity contribution < 1.29 is 4.42 Å². The minimum atomic E-state index is 0.567. The summed E-state index contributed by atoms with van der Waals surface area (Å²) in [6.45, 7) is 0. The third-order valence-electron chi connectivity index (χ3n) is 11.8. The second-order valence-electron chi connectivity index (χ2n) is 15.6. The van der Waals surface area contributed by atoms with E-state index in [9.17, 15) is 0 Å². The number of benzene rings is 9. The minimum Gasteiger partial charge on any atom is -0.455 e. The fourth-order valence-corrected chi connectivity index (χ4v) is 8.86. The Balaban J connectivity index is 1.05. The summed E-state index contributed by atoms with van der Waals surface area (Å²) in [5, 5.41) is 4.50. The van der Waals surface area contributed by atoms with Crippen LogP contribution in [0, 0.1) is 0 Å². The van der Waals surface area contributed by atoms with E-state index >= 15 is 0 Å². The van der Waals surface area contributed by atoms with Crippen LogP contribution in [-0.2, 0) is 0 Å². The number of para-hydroxylation sites is 2. The molecule has 0 aliphatic rings. The standard InChI is InChI=1S/C57H36N4O/c1-4-16-37(17-5-1)40-22-14-24-42(32-40)55-58-56(43-25-15-23-41(33-43)38-18-6-2-7-19-38)60-57(59-55)44-30-31-48-50-36-45(35-49(39-20-8-3-9-21-39)54(50)62-53(48)34-44)61-51-28-12-10-26-46(51)47-27-11-13-29-52(47)61/h1-36H. The van der Waals surface area contributed by atoms with Gasteiger partial charge in [-0.3, -0.25) is 0 Å². The van der Waals surface area contributed by atoms with Crippen molar-refractivity contribution in [2.45, 2.75) is 0 Å². The predicted molar refractivity (Wildman–Crippen MR) is 254 cm³/mol. The highest BCUT2D eigenvalue weighted by molar-refractivity contribution is 6.13. The van der Waals surface area contributed by atoms with Crippen molar-refractivity contribution in [1.82, 2.24) is 19.5 Å². The first kappa shape index (κ1) is 35.5. The van der Waals surface area contributed by atoms with E-state index in [1.165, 1.54) is 10.8 Å². The summed E-state index contributed by atoms with van der Waals surface area (Å²) in [6.07, 6.45) is 0. The number of rotatable bonds is 7. The van der Waals surface area contributed by atoms with Gasteiger partial charge in [0.15, 0.2) is 17.5 Å². The molecule has 62 heavy (non-hydrogen) atoms. The first-order chi connectivity index (χ1) is 30.7. The molecule has 0 N–H and O–H groups in total. The predicted octanol–water partition coefficient (Wildman–Crippen LogP) is 14.9.